The average molecular weight is 269 g/mol. The molecule has 2 rings (SSSR count). The Kier molecular flexibility index (Phi) is 6.07. The molecule has 1 unspecified atom stereocenters. The van der Waals surface area contributed by atoms with Gasteiger partial charge in [-0.3, -0.25) is 9.80 Å². The quantitative estimate of drug-likeness (QED) is 0.682. The molecule has 0 aromatic rings. The van der Waals surface area contributed by atoms with Gasteiger partial charge in [0.2, 0.25) is 0 Å². The largest absolute Gasteiger partial charge is 0.390 e. The van der Waals surface area contributed by atoms with Gasteiger partial charge in [-0.15, -0.1) is 0 Å². The summed E-state index contributed by atoms with van der Waals surface area (Å²) >= 11 is 0. The van der Waals surface area contributed by atoms with Gasteiger partial charge in [0.05, 0.1) is 6.10 Å². The lowest BCUT2D eigenvalue weighted by Gasteiger charge is -2.31. The highest BCUT2D eigenvalue weighted by Crippen LogP contribution is 2.27. The molecule has 2 fully saturated rings. The van der Waals surface area contributed by atoms with Crippen LogP contribution in [0.1, 0.15) is 33.1 Å². The number of β-amino-alcohol motifs (C(OH)–C–C–N with tert-alkyl or cyclic N) is 1. The van der Waals surface area contributed by atoms with E-state index in [-0.39, 0.29) is 6.10 Å². The zero-order chi connectivity index (χ0) is 13.7. The third-order valence-corrected chi connectivity index (χ3v) is 4.18. The fourth-order valence-corrected chi connectivity index (χ4v) is 2.81. The molecule has 0 amide bonds. The molecule has 0 aromatic heterocycles. The van der Waals surface area contributed by atoms with Gasteiger partial charge in [-0.1, -0.05) is 13.8 Å². The lowest BCUT2D eigenvalue weighted by molar-refractivity contribution is 0.0651. The first-order valence-electron chi connectivity index (χ1n) is 8.00. The van der Waals surface area contributed by atoms with E-state index in [4.69, 9.17) is 0 Å². The van der Waals surface area contributed by atoms with Crippen LogP contribution in [-0.4, -0.2) is 72.9 Å². The van der Waals surface area contributed by atoms with Crippen molar-refractivity contribution < 1.29 is 5.11 Å². The standard InChI is InChI=1S/C15H31N3O/c1-13(2)5-8-18(14-3-4-14)12-15(19)11-17-9-6-16-7-10-17/h13-16,19H,3-12H2,1-2H3. The predicted octanol–water partition coefficient (Wildman–Crippen LogP) is 0.763. The van der Waals surface area contributed by atoms with E-state index < -0.39 is 0 Å². The van der Waals surface area contributed by atoms with Crippen LogP contribution in [0.2, 0.25) is 0 Å². The molecule has 1 atom stereocenters. The summed E-state index contributed by atoms with van der Waals surface area (Å²) in [5, 5.41) is 13.7. The summed E-state index contributed by atoms with van der Waals surface area (Å²) in [4.78, 5) is 4.90. The minimum atomic E-state index is -0.189. The summed E-state index contributed by atoms with van der Waals surface area (Å²) in [6.07, 6.45) is 3.72. The summed E-state index contributed by atoms with van der Waals surface area (Å²) in [6.45, 7) is 11.7. The van der Waals surface area contributed by atoms with Gasteiger partial charge in [0.15, 0.2) is 0 Å². The van der Waals surface area contributed by atoms with Gasteiger partial charge >= 0.3 is 0 Å². The first kappa shape index (κ1) is 15.2. The first-order chi connectivity index (χ1) is 9.15. The van der Waals surface area contributed by atoms with Crippen molar-refractivity contribution in [1.29, 1.82) is 0 Å². The maximum atomic E-state index is 10.3. The molecule has 1 aliphatic carbocycles. The van der Waals surface area contributed by atoms with Crippen LogP contribution < -0.4 is 5.32 Å². The Hall–Kier alpha value is -0.160. The summed E-state index contributed by atoms with van der Waals surface area (Å²) in [5.41, 5.74) is 0. The van der Waals surface area contributed by atoms with Crippen molar-refractivity contribution in [3.8, 4) is 0 Å². The Balaban J connectivity index is 1.69. The number of aliphatic hydroxyl groups is 1. The van der Waals surface area contributed by atoms with E-state index in [2.05, 4.69) is 29.0 Å². The van der Waals surface area contributed by atoms with Crippen molar-refractivity contribution >= 4 is 0 Å². The second-order valence-corrected chi connectivity index (χ2v) is 6.61. The van der Waals surface area contributed by atoms with Crippen LogP contribution in [0.3, 0.4) is 0 Å². The minimum absolute atomic E-state index is 0.189. The molecular formula is C15H31N3O. The van der Waals surface area contributed by atoms with Gasteiger partial charge in [0.1, 0.15) is 0 Å². The highest BCUT2D eigenvalue weighted by molar-refractivity contribution is 4.86. The van der Waals surface area contributed by atoms with Gasteiger partial charge in [-0.05, 0) is 31.7 Å². The average Bonchev–Trinajstić information content (AvgIpc) is 3.19. The van der Waals surface area contributed by atoms with Gasteiger partial charge in [-0.2, -0.15) is 0 Å². The van der Waals surface area contributed by atoms with Crippen LogP contribution in [-0.2, 0) is 0 Å². The number of rotatable bonds is 8. The van der Waals surface area contributed by atoms with Crippen LogP contribution in [0.25, 0.3) is 0 Å². The number of hydrogen-bond acceptors (Lipinski definition) is 4. The monoisotopic (exact) mass is 269 g/mol. The number of aliphatic hydroxyl groups excluding tert-OH is 1. The summed E-state index contributed by atoms with van der Waals surface area (Å²) < 4.78 is 0. The second kappa shape index (κ2) is 7.58. The highest BCUT2D eigenvalue weighted by Gasteiger charge is 2.30. The van der Waals surface area contributed by atoms with E-state index in [9.17, 15) is 5.11 Å². The summed E-state index contributed by atoms with van der Waals surface area (Å²) in [6, 6.07) is 0.761. The van der Waals surface area contributed by atoms with Crippen LogP contribution >= 0.6 is 0 Å². The van der Waals surface area contributed by atoms with Crippen molar-refractivity contribution in [2.24, 2.45) is 5.92 Å². The molecular weight excluding hydrogens is 238 g/mol. The van der Waals surface area contributed by atoms with Crippen LogP contribution in [0.15, 0.2) is 0 Å². The molecule has 0 spiro atoms. The van der Waals surface area contributed by atoms with Crippen molar-refractivity contribution in [2.75, 3.05) is 45.8 Å². The Bertz CT molecular complexity index is 250. The number of nitrogens with zero attached hydrogens (tertiary/aromatic N) is 2. The maximum Gasteiger partial charge on any atom is 0.0793 e. The Morgan fingerprint density at radius 3 is 2.53 bits per heavy atom. The molecule has 1 aliphatic heterocycles. The summed E-state index contributed by atoms with van der Waals surface area (Å²) in [7, 11) is 0. The molecule has 19 heavy (non-hydrogen) atoms. The van der Waals surface area contributed by atoms with E-state index >= 15 is 0 Å². The maximum absolute atomic E-state index is 10.3. The van der Waals surface area contributed by atoms with E-state index in [1.54, 1.807) is 0 Å². The zero-order valence-electron chi connectivity index (χ0n) is 12.6. The fourth-order valence-electron chi connectivity index (χ4n) is 2.81. The van der Waals surface area contributed by atoms with E-state index in [0.29, 0.717) is 0 Å². The van der Waals surface area contributed by atoms with Crippen LogP contribution in [0.4, 0.5) is 0 Å². The molecule has 2 aliphatic rings. The molecule has 4 heteroatoms. The SMILES string of the molecule is CC(C)CCN(CC(O)CN1CCNCC1)C1CC1. The normalized spacial score (nSPS) is 23.2. The third-order valence-electron chi connectivity index (χ3n) is 4.18. The Labute approximate surface area is 118 Å². The number of nitrogens with one attached hydrogen (secondary N) is 1. The highest BCUT2D eigenvalue weighted by atomic mass is 16.3. The lowest BCUT2D eigenvalue weighted by Crippen LogP contribution is -2.48. The van der Waals surface area contributed by atoms with E-state index in [1.807, 2.05) is 0 Å². The molecule has 0 aromatic carbocycles. The van der Waals surface area contributed by atoms with Gasteiger partial charge < -0.3 is 10.4 Å². The van der Waals surface area contributed by atoms with Crippen molar-refractivity contribution in [3.05, 3.63) is 0 Å². The van der Waals surface area contributed by atoms with Crippen molar-refractivity contribution in [1.82, 2.24) is 15.1 Å². The Morgan fingerprint density at radius 1 is 1.26 bits per heavy atom. The fraction of sp³-hybridized carbons (Fsp3) is 1.00. The minimum Gasteiger partial charge on any atom is -0.390 e. The van der Waals surface area contributed by atoms with Crippen molar-refractivity contribution in [2.45, 2.75) is 45.3 Å². The number of piperazine rings is 1. The zero-order valence-corrected chi connectivity index (χ0v) is 12.6. The second-order valence-electron chi connectivity index (χ2n) is 6.61. The lowest BCUT2D eigenvalue weighted by atomic mass is 10.1. The topological polar surface area (TPSA) is 38.7 Å². The van der Waals surface area contributed by atoms with E-state index in [0.717, 1.165) is 57.8 Å². The third kappa shape index (κ3) is 5.78. The molecule has 1 saturated heterocycles. The molecule has 1 heterocycles. The Morgan fingerprint density at radius 2 is 1.95 bits per heavy atom. The van der Waals surface area contributed by atoms with E-state index in [1.165, 1.54) is 19.3 Å². The van der Waals surface area contributed by atoms with Gasteiger partial charge in [0, 0.05) is 45.3 Å². The molecule has 1 saturated carbocycles. The molecule has 4 nitrogen and oxygen atoms in total. The van der Waals surface area contributed by atoms with Gasteiger partial charge in [0.25, 0.3) is 0 Å². The molecule has 0 bridgehead atoms. The molecule has 112 valence electrons. The van der Waals surface area contributed by atoms with Crippen LogP contribution in [0, 0.1) is 5.92 Å². The smallest absolute Gasteiger partial charge is 0.0793 e. The number of hydrogen-bond donors (Lipinski definition) is 2. The predicted molar refractivity (Wildman–Crippen MR) is 79.4 cm³/mol. The van der Waals surface area contributed by atoms with Crippen LogP contribution in [0.5, 0.6) is 0 Å². The van der Waals surface area contributed by atoms with Crippen molar-refractivity contribution in [3.63, 3.8) is 0 Å². The molecule has 0 radical (unpaired) electrons. The first-order valence-corrected chi connectivity index (χ1v) is 8.00. The summed E-state index contributed by atoms with van der Waals surface area (Å²) in [5.74, 6) is 0.756. The van der Waals surface area contributed by atoms with Gasteiger partial charge in [-0.25, -0.2) is 0 Å². The molecule has 2 N–H and O–H groups in total.